The minimum atomic E-state index is -0.597. The molecule has 0 aromatic rings. The number of nitrogens with one attached hydrogen (secondary N) is 1. The predicted molar refractivity (Wildman–Crippen MR) is 39.4 cm³/mol. The second kappa shape index (κ2) is 4.43. The third-order valence-electron chi connectivity index (χ3n) is 1.15. The van der Waals surface area contributed by atoms with Crippen LogP contribution in [0.2, 0.25) is 0 Å². The van der Waals surface area contributed by atoms with Crippen LogP contribution in [0.5, 0.6) is 0 Å². The monoisotopic (exact) mass is 158 g/mol. The van der Waals surface area contributed by atoms with Crippen LogP contribution in [0.25, 0.3) is 0 Å². The molecule has 1 atom stereocenters. The lowest BCUT2D eigenvalue weighted by molar-refractivity contribution is -0.402. The van der Waals surface area contributed by atoms with Crippen molar-refractivity contribution in [2.75, 3.05) is 0 Å². The highest BCUT2D eigenvalue weighted by molar-refractivity contribution is 5.81. The summed E-state index contributed by atoms with van der Waals surface area (Å²) in [4.78, 5) is 19.7. The van der Waals surface area contributed by atoms with E-state index in [-0.39, 0.29) is 11.8 Å². The average Bonchev–Trinajstić information content (AvgIpc) is 1.86. The minimum absolute atomic E-state index is 0.0574. The number of hydrogen-bond acceptors (Lipinski definition) is 4. The van der Waals surface area contributed by atoms with Crippen molar-refractivity contribution in [3.05, 3.63) is 22.5 Å². The molecule has 0 radical (unpaired) electrons. The maximum atomic E-state index is 10.6. The first kappa shape index (κ1) is 9.61. The van der Waals surface area contributed by atoms with Gasteiger partial charge in [-0.15, -0.1) is 0 Å². The highest BCUT2D eigenvalue weighted by Gasteiger charge is 2.02. The van der Waals surface area contributed by atoms with Gasteiger partial charge in [0.05, 0.1) is 17.2 Å². The molecule has 0 aliphatic heterocycles. The molecule has 0 saturated carbocycles. The Morgan fingerprint density at radius 1 is 1.73 bits per heavy atom. The number of nitro groups is 1. The fourth-order valence-electron chi connectivity index (χ4n) is 0.366. The molecule has 62 valence electrons. The van der Waals surface area contributed by atoms with Crippen molar-refractivity contribution in [1.82, 2.24) is 5.32 Å². The van der Waals surface area contributed by atoms with Gasteiger partial charge in [-0.1, -0.05) is 0 Å². The molecule has 0 saturated heterocycles. The van der Waals surface area contributed by atoms with Gasteiger partial charge in [0.2, 0.25) is 6.20 Å². The summed E-state index contributed by atoms with van der Waals surface area (Å²) in [5.41, 5.74) is 0. The molecule has 0 amide bonds. The lowest BCUT2D eigenvalue weighted by Gasteiger charge is -2.04. The highest BCUT2D eigenvalue weighted by Crippen LogP contribution is 1.82. The van der Waals surface area contributed by atoms with Crippen LogP contribution in [-0.4, -0.2) is 16.7 Å². The van der Waals surface area contributed by atoms with Gasteiger partial charge in [0.15, 0.2) is 5.78 Å². The zero-order chi connectivity index (χ0) is 8.85. The number of nitrogens with zero attached hydrogens (tertiary/aromatic N) is 1. The summed E-state index contributed by atoms with van der Waals surface area (Å²) in [5, 5.41) is 12.3. The van der Waals surface area contributed by atoms with E-state index in [1.807, 2.05) is 0 Å². The van der Waals surface area contributed by atoms with Crippen LogP contribution >= 0.6 is 0 Å². The summed E-state index contributed by atoms with van der Waals surface area (Å²) in [6.07, 6.45) is 1.89. The summed E-state index contributed by atoms with van der Waals surface area (Å²) in [6, 6.07) is -0.369. The number of ketones is 1. The molecule has 1 unspecified atom stereocenters. The van der Waals surface area contributed by atoms with Crippen LogP contribution in [-0.2, 0) is 4.79 Å². The molecule has 11 heavy (non-hydrogen) atoms. The molecule has 0 spiro atoms. The maximum Gasteiger partial charge on any atom is 0.249 e. The first-order valence-corrected chi connectivity index (χ1v) is 3.10. The molecule has 5 heteroatoms. The van der Waals surface area contributed by atoms with Crippen molar-refractivity contribution >= 4 is 5.78 Å². The van der Waals surface area contributed by atoms with Crippen LogP contribution in [0.1, 0.15) is 13.8 Å². The lowest BCUT2D eigenvalue weighted by Crippen LogP contribution is -2.27. The van der Waals surface area contributed by atoms with Crippen LogP contribution in [0.15, 0.2) is 12.4 Å². The molecule has 1 N–H and O–H groups in total. The summed E-state index contributed by atoms with van der Waals surface area (Å²) >= 11 is 0. The fraction of sp³-hybridized carbons (Fsp3) is 0.500. The van der Waals surface area contributed by atoms with Gasteiger partial charge in [0, 0.05) is 0 Å². The molecule has 0 bridgehead atoms. The number of rotatable bonds is 4. The molecule has 0 heterocycles. The van der Waals surface area contributed by atoms with Crippen molar-refractivity contribution in [1.29, 1.82) is 0 Å². The van der Waals surface area contributed by atoms with Gasteiger partial charge in [-0.3, -0.25) is 14.9 Å². The topological polar surface area (TPSA) is 72.2 Å². The molecule has 0 aliphatic carbocycles. The van der Waals surface area contributed by atoms with E-state index in [2.05, 4.69) is 5.32 Å². The number of hydrogen-bond donors (Lipinski definition) is 1. The Bertz CT molecular complexity index is 188. The van der Waals surface area contributed by atoms with E-state index in [4.69, 9.17) is 0 Å². The third-order valence-corrected chi connectivity index (χ3v) is 1.15. The number of carbonyl (C=O) groups excluding carboxylic acids is 1. The Kier molecular flexibility index (Phi) is 3.87. The SMILES string of the molecule is CC(=O)C(C)N/C=C\[N+](=O)[O-]. The molecular formula is C6H10N2O3. The van der Waals surface area contributed by atoms with E-state index < -0.39 is 4.92 Å². The molecule has 5 nitrogen and oxygen atoms in total. The van der Waals surface area contributed by atoms with Gasteiger partial charge in [-0.05, 0) is 13.8 Å². The van der Waals surface area contributed by atoms with Crippen molar-refractivity contribution in [3.8, 4) is 0 Å². The second-order valence-electron chi connectivity index (χ2n) is 2.10. The van der Waals surface area contributed by atoms with E-state index in [1.54, 1.807) is 6.92 Å². The Hall–Kier alpha value is -1.39. The van der Waals surface area contributed by atoms with Gasteiger partial charge < -0.3 is 5.32 Å². The quantitative estimate of drug-likeness (QED) is 0.471. The summed E-state index contributed by atoms with van der Waals surface area (Å²) in [6.45, 7) is 3.05. The highest BCUT2D eigenvalue weighted by atomic mass is 16.6. The van der Waals surface area contributed by atoms with Gasteiger partial charge in [0.1, 0.15) is 0 Å². The Balaban J connectivity index is 3.70. The summed E-state index contributed by atoms with van der Waals surface area (Å²) < 4.78 is 0. The Labute approximate surface area is 64.2 Å². The van der Waals surface area contributed by atoms with Crippen LogP contribution in [0.4, 0.5) is 0 Å². The Morgan fingerprint density at radius 3 is 2.64 bits per heavy atom. The zero-order valence-electron chi connectivity index (χ0n) is 6.40. The minimum Gasteiger partial charge on any atom is -0.376 e. The van der Waals surface area contributed by atoms with Gasteiger partial charge in [0.25, 0.3) is 0 Å². The van der Waals surface area contributed by atoms with Gasteiger partial charge in [-0.25, -0.2) is 0 Å². The largest absolute Gasteiger partial charge is 0.376 e. The van der Waals surface area contributed by atoms with E-state index in [1.165, 1.54) is 6.92 Å². The maximum absolute atomic E-state index is 10.6. The summed E-state index contributed by atoms with van der Waals surface area (Å²) in [5.74, 6) is -0.0574. The molecule has 0 fully saturated rings. The van der Waals surface area contributed by atoms with Crippen molar-refractivity contribution in [3.63, 3.8) is 0 Å². The molecule has 0 aliphatic rings. The van der Waals surface area contributed by atoms with E-state index in [0.29, 0.717) is 0 Å². The van der Waals surface area contributed by atoms with Gasteiger partial charge >= 0.3 is 0 Å². The zero-order valence-corrected chi connectivity index (χ0v) is 6.40. The molecule has 0 aromatic carbocycles. The number of carbonyl (C=O) groups is 1. The van der Waals surface area contributed by atoms with Gasteiger partial charge in [-0.2, -0.15) is 0 Å². The average molecular weight is 158 g/mol. The molecular weight excluding hydrogens is 148 g/mol. The predicted octanol–water partition coefficient (Wildman–Crippen LogP) is 0.301. The first-order valence-electron chi connectivity index (χ1n) is 3.10. The Morgan fingerprint density at radius 2 is 2.27 bits per heavy atom. The third kappa shape index (κ3) is 5.07. The second-order valence-corrected chi connectivity index (χ2v) is 2.10. The normalized spacial score (nSPS) is 12.9. The van der Waals surface area contributed by atoms with E-state index >= 15 is 0 Å². The van der Waals surface area contributed by atoms with Crippen LogP contribution in [0.3, 0.4) is 0 Å². The van der Waals surface area contributed by atoms with Crippen molar-refractivity contribution in [2.45, 2.75) is 19.9 Å². The smallest absolute Gasteiger partial charge is 0.249 e. The van der Waals surface area contributed by atoms with E-state index in [0.717, 1.165) is 12.4 Å². The fourth-order valence-corrected chi connectivity index (χ4v) is 0.366. The lowest BCUT2D eigenvalue weighted by atomic mass is 10.2. The van der Waals surface area contributed by atoms with Crippen LogP contribution in [0, 0.1) is 10.1 Å². The van der Waals surface area contributed by atoms with Crippen LogP contribution < -0.4 is 5.32 Å². The summed E-state index contributed by atoms with van der Waals surface area (Å²) in [7, 11) is 0. The first-order chi connectivity index (χ1) is 5.04. The number of Topliss-reactive ketones (excluding diaryl/α,β-unsaturated/α-hetero) is 1. The molecule has 0 rings (SSSR count). The van der Waals surface area contributed by atoms with Crippen molar-refractivity contribution in [2.24, 2.45) is 0 Å². The standard InChI is InChI=1S/C6H10N2O3/c1-5(6(2)9)7-3-4-8(10)11/h3-5,7H,1-2H3/b4-3-. The van der Waals surface area contributed by atoms with E-state index in [9.17, 15) is 14.9 Å². The van der Waals surface area contributed by atoms with Crippen molar-refractivity contribution < 1.29 is 9.72 Å². The molecule has 0 aromatic heterocycles.